The van der Waals surface area contributed by atoms with Gasteiger partial charge in [0.25, 0.3) is 5.91 Å². The maximum absolute atomic E-state index is 13.4. The van der Waals surface area contributed by atoms with Crippen molar-refractivity contribution in [1.29, 1.82) is 0 Å². The molecule has 146 valence electrons. The van der Waals surface area contributed by atoms with Crippen LogP contribution in [0.3, 0.4) is 0 Å². The van der Waals surface area contributed by atoms with Crippen molar-refractivity contribution in [3.8, 4) is 0 Å². The number of fused-ring (bicyclic) bond motifs is 1. The van der Waals surface area contributed by atoms with Crippen LogP contribution in [0.1, 0.15) is 53.1 Å². The minimum Gasteiger partial charge on any atom is -0.339 e. The van der Waals surface area contributed by atoms with Crippen LogP contribution in [0.2, 0.25) is 0 Å². The molecule has 0 unspecified atom stereocenters. The molecule has 2 aliphatic carbocycles. The summed E-state index contributed by atoms with van der Waals surface area (Å²) >= 11 is 7.88. The number of likely N-dealkylation sites (tertiary alicyclic amines) is 1. The van der Waals surface area contributed by atoms with E-state index in [1.165, 1.54) is 11.3 Å². The van der Waals surface area contributed by atoms with E-state index in [1.807, 2.05) is 13.0 Å². The third-order valence-corrected chi connectivity index (χ3v) is 7.76. The van der Waals surface area contributed by atoms with Crippen LogP contribution in [0, 0.1) is 18.8 Å². The second-order valence-electron chi connectivity index (χ2n) is 8.03. The van der Waals surface area contributed by atoms with Crippen molar-refractivity contribution in [3.05, 3.63) is 21.9 Å². The molecule has 3 fully saturated rings. The normalized spacial score (nSPS) is 29.2. The monoisotopic (exact) mass is 408 g/mol. The average molecular weight is 409 g/mol. The van der Waals surface area contributed by atoms with Crippen LogP contribution < -0.4 is 5.32 Å². The zero-order valence-corrected chi connectivity index (χ0v) is 17.0. The van der Waals surface area contributed by atoms with Crippen molar-refractivity contribution >= 4 is 40.5 Å². The van der Waals surface area contributed by atoms with Gasteiger partial charge in [0, 0.05) is 23.8 Å². The maximum Gasteiger partial charge on any atom is 0.262 e. The van der Waals surface area contributed by atoms with Gasteiger partial charge in [0.15, 0.2) is 5.78 Å². The van der Waals surface area contributed by atoms with Gasteiger partial charge in [-0.05, 0) is 44.2 Å². The summed E-state index contributed by atoms with van der Waals surface area (Å²) < 4.78 is 0. The fourth-order valence-electron chi connectivity index (χ4n) is 4.92. The number of hydrogen-bond acceptors (Lipinski definition) is 4. The molecule has 2 amide bonds. The van der Waals surface area contributed by atoms with E-state index in [2.05, 4.69) is 5.32 Å². The number of aryl methyl sites for hydroxylation is 1. The van der Waals surface area contributed by atoms with Crippen LogP contribution in [0.5, 0.6) is 0 Å². The lowest BCUT2D eigenvalue weighted by molar-refractivity contribution is -0.139. The van der Waals surface area contributed by atoms with Crippen molar-refractivity contribution < 1.29 is 14.4 Å². The first-order chi connectivity index (χ1) is 13.0. The first-order valence-corrected chi connectivity index (χ1v) is 11.1. The molecule has 3 aliphatic rings. The highest BCUT2D eigenvalue weighted by Gasteiger charge is 2.52. The third kappa shape index (κ3) is 3.54. The van der Waals surface area contributed by atoms with Crippen molar-refractivity contribution in [1.82, 2.24) is 10.2 Å². The van der Waals surface area contributed by atoms with Crippen molar-refractivity contribution in [3.63, 3.8) is 0 Å². The Morgan fingerprint density at radius 1 is 1.26 bits per heavy atom. The Bertz CT molecular complexity index is 758. The largest absolute Gasteiger partial charge is 0.339 e. The van der Waals surface area contributed by atoms with Gasteiger partial charge in [-0.15, -0.1) is 22.9 Å². The number of hydrogen-bond donors (Lipinski definition) is 1. The predicted octanol–water partition coefficient (Wildman–Crippen LogP) is 3.14. The van der Waals surface area contributed by atoms with E-state index < -0.39 is 12.1 Å². The SMILES string of the molecule is Cc1ccc(C(=O)N[C@H](C(=O)N2C[C@H](Cl)[C@H]3CCC(=O)[C@H]32)C2CCCC2)s1. The number of carbonyl (C=O) groups excluding carboxylic acids is 3. The maximum atomic E-state index is 13.4. The van der Waals surface area contributed by atoms with Crippen LogP contribution in [-0.2, 0) is 9.59 Å². The number of nitrogens with zero attached hydrogens (tertiary/aromatic N) is 1. The smallest absolute Gasteiger partial charge is 0.262 e. The second kappa shape index (κ2) is 7.55. The van der Waals surface area contributed by atoms with E-state index in [0.29, 0.717) is 17.8 Å². The zero-order valence-electron chi connectivity index (χ0n) is 15.4. The summed E-state index contributed by atoms with van der Waals surface area (Å²) in [7, 11) is 0. The molecule has 1 aromatic rings. The van der Waals surface area contributed by atoms with E-state index in [9.17, 15) is 14.4 Å². The van der Waals surface area contributed by atoms with Crippen molar-refractivity contribution in [2.75, 3.05) is 6.54 Å². The van der Waals surface area contributed by atoms with Crippen LogP contribution >= 0.6 is 22.9 Å². The Kier molecular flexibility index (Phi) is 5.30. The van der Waals surface area contributed by atoms with Crippen LogP contribution in [-0.4, -0.2) is 46.5 Å². The van der Waals surface area contributed by atoms with E-state index in [4.69, 9.17) is 11.6 Å². The molecule has 1 aromatic heterocycles. The molecule has 1 saturated heterocycles. The number of Topliss-reactive ketones (excluding diaryl/α,β-unsaturated/α-hetero) is 1. The molecule has 7 heteroatoms. The van der Waals surface area contributed by atoms with Gasteiger partial charge in [-0.3, -0.25) is 14.4 Å². The van der Waals surface area contributed by atoms with Crippen molar-refractivity contribution in [2.45, 2.75) is 62.9 Å². The highest BCUT2D eigenvalue weighted by molar-refractivity contribution is 7.13. The lowest BCUT2D eigenvalue weighted by Gasteiger charge is -2.31. The highest BCUT2D eigenvalue weighted by atomic mass is 35.5. The summed E-state index contributed by atoms with van der Waals surface area (Å²) in [5.41, 5.74) is 0. The van der Waals surface area contributed by atoms with E-state index in [-0.39, 0.29) is 34.8 Å². The Morgan fingerprint density at radius 3 is 2.67 bits per heavy atom. The summed E-state index contributed by atoms with van der Waals surface area (Å²) in [4.78, 5) is 41.9. The summed E-state index contributed by atoms with van der Waals surface area (Å²) in [6, 6.07) is 2.74. The molecular formula is C20H25ClN2O3S. The van der Waals surface area contributed by atoms with Gasteiger partial charge in [-0.2, -0.15) is 0 Å². The molecule has 0 aromatic carbocycles. The number of carbonyl (C=O) groups is 3. The molecule has 27 heavy (non-hydrogen) atoms. The molecule has 2 heterocycles. The zero-order chi connectivity index (χ0) is 19.1. The molecule has 2 saturated carbocycles. The molecule has 4 atom stereocenters. The molecule has 4 rings (SSSR count). The number of nitrogens with one attached hydrogen (secondary N) is 1. The average Bonchev–Trinajstić information content (AvgIpc) is 3.40. The minimum atomic E-state index is -0.571. The lowest BCUT2D eigenvalue weighted by atomic mass is 9.96. The van der Waals surface area contributed by atoms with Gasteiger partial charge in [0.1, 0.15) is 6.04 Å². The summed E-state index contributed by atoms with van der Waals surface area (Å²) in [5, 5.41) is 2.83. The molecular weight excluding hydrogens is 384 g/mol. The minimum absolute atomic E-state index is 0.0583. The first-order valence-electron chi connectivity index (χ1n) is 9.80. The summed E-state index contributed by atoms with van der Waals surface area (Å²) in [6.45, 7) is 2.36. The highest BCUT2D eigenvalue weighted by Crippen LogP contribution is 2.40. The first kappa shape index (κ1) is 18.9. The van der Waals surface area contributed by atoms with E-state index in [1.54, 1.807) is 11.0 Å². The third-order valence-electron chi connectivity index (χ3n) is 6.30. The van der Waals surface area contributed by atoms with Crippen molar-refractivity contribution in [2.24, 2.45) is 11.8 Å². The molecule has 0 radical (unpaired) electrons. The number of rotatable bonds is 4. The van der Waals surface area contributed by atoms with Gasteiger partial charge < -0.3 is 10.2 Å². The number of ketones is 1. The van der Waals surface area contributed by atoms with E-state index in [0.717, 1.165) is 37.0 Å². The molecule has 5 nitrogen and oxygen atoms in total. The van der Waals surface area contributed by atoms with Crippen LogP contribution in [0.15, 0.2) is 12.1 Å². The Labute approximate surface area is 168 Å². The number of alkyl halides is 1. The fraction of sp³-hybridized carbons (Fsp3) is 0.650. The lowest BCUT2D eigenvalue weighted by Crippen LogP contribution is -2.54. The molecule has 1 aliphatic heterocycles. The van der Waals surface area contributed by atoms with Gasteiger partial charge in [0.05, 0.1) is 16.3 Å². The topological polar surface area (TPSA) is 66.5 Å². The van der Waals surface area contributed by atoms with Crippen LogP contribution in [0.25, 0.3) is 0 Å². The molecule has 0 bridgehead atoms. The quantitative estimate of drug-likeness (QED) is 0.778. The standard InChI is InChI=1S/C20H25ClN2O3S/c1-11-6-9-16(27-11)19(25)22-17(12-4-2-3-5-12)20(26)23-10-14(21)13-7-8-15(24)18(13)23/h6,9,12-14,17-18H,2-5,7-8,10H2,1H3,(H,22,25)/t13-,14+,17+,18+/m1/s1. The van der Waals surface area contributed by atoms with Gasteiger partial charge >= 0.3 is 0 Å². The number of halogens is 1. The van der Waals surface area contributed by atoms with Gasteiger partial charge in [0.2, 0.25) is 5.91 Å². The van der Waals surface area contributed by atoms with Gasteiger partial charge in [-0.25, -0.2) is 0 Å². The Morgan fingerprint density at radius 2 is 2.00 bits per heavy atom. The van der Waals surface area contributed by atoms with E-state index >= 15 is 0 Å². The predicted molar refractivity (Wildman–Crippen MR) is 105 cm³/mol. The number of thiophene rings is 1. The molecule has 1 N–H and O–H groups in total. The Balaban J connectivity index is 1.56. The second-order valence-corrected chi connectivity index (χ2v) is 9.87. The van der Waals surface area contributed by atoms with Gasteiger partial charge in [-0.1, -0.05) is 12.8 Å². The number of amides is 2. The van der Waals surface area contributed by atoms with Crippen LogP contribution in [0.4, 0.5) is 0 Å². The fourth-order valence-corrected chi connectivity index (χ4v) is 6.10. The summed E-state index contributed by atoms with van der Waals surface area (Å²) in [6.07, 6.45) is 5.27. The Hall–Kier alpha value is -1.40. The summed E-state index contributed by atoms with van der Waals surface area (Å²) in [5.74, 6) is -0.0251. The molecule has 0 spiro atoms.